The third kappa shape index (κ3) is 4.13. The largest absolute Gasteiger partial charge is 0.348 e. The smallest absolute Gasteiger partial charge is 0.264 e. The summed E-state index contributed by atoms with van der Waals surface area (Å²) in [5.74, 6) is 0.150. The van der Waals surface area contributed by atoms with E-state index in [0.717, 1.165) is 18.4 Å². The summed E-state index contributed by atoms with van der Waals surface area (Å²) in [6.07, 6.45) is 2.82. The van der Waals surface area contributed by atoms with Gasteiger partial charge in [-0.3, -0.25) is 9.10 Å². The van der Waals surface area contributed by atoms with Gasteiger partial charge in [0.2, 0.25) is 0 Å². The van der Waals surface area contributed by atoms with Crippen LogP contribution in [0.25, 0.3) is 0 Å². The molecule has 6 nitrogen and oxygen atoms in total. The van der Waals surface area contributed by atoms with Crippen LogP contribution in [0.2, 0.25) is 0 Å². The summed E-state index contributed by atoms with van der Waals surface area (Å²) in [4.78, 5) is 12.8. The molecule has 0 aromatic heterocycles. The average Bonchev–Trinajstić information content (AvgIpc) is 3.47. The SMILES string of the molecule is CC1Cc2ccccc2N1S(=O)(=O)c1cccc(C(=O)NC(CN)C2CC2)c1.Cl. The summed E-state index contributed by atoms with van der Waals surface area (Å²) < 4.78 is 28.2. The zero-order valence-corrected chi connectivity index (χ0v) is 17.9. The summed E-state index contributed by atoms with van der Waals surface area (Å²) in [5.41, 5.74) is 7.83. The van der Waals surface area contributed by atoms with Crippen molar-refractivity contribution in [3.05, 3.63) is 59.7 Å². The van der Waals surface area contributed by atoms with Crippen LogP contribution in [-0.2, 0) is 16.4 Å². The summed E-state index contributed by atoms with van der Waals surface area (Å²) in [6.45, 7) is 2.28. The summed E-state index contributed by atoms with van der Waals surface area (Å²) in [5, 5.41) is 2.95. The maximum atomic E-state index is 13.4. The maximum Gasteiger partial charge on any atom is 0.264 e. The van der Waals surface area contributed by atoms with Crippen LogP contribution in [0, 0.1) is 5.92 Å². The number of para-hydroxylation sites is 1. The van der Waals surface area contributed by atoms with Gasteiger partial charge in [0.1, 0.15) is 0 Å². The van der Waals surface area contributed by atoms with E-state index in [2.05, 4.69) is 5.32 Å². The monoisotopic (exact) mass is 435 g/mol. The van der Waals surface area contributed by atoms with Gasteiger partial charge < -0.3 is 11.1 Å². The minimum Gasteiger partial charge on any atom is -0.348 e. The molecule has 1 heterocycles. The van der Waals surface area contributed by atoms with E-state index in [-0.39, 0.29) is 35.3 Å². The van der Waals surface area contributed by atoms with Gasteiger partial charge in [0, 0.05) is 24.2 Å². The van der Waals surface area contributed by atoms with Gasteiger partial charge in [0.05, 0.1) is 10.6 Å². The fourth-order valence-corrected chi connectivity index (χ4v) is 5.67. The molecule has 1 aliphatic carbocycles. The predicted octanol–water partition coefficient (Wildman–Crippen LogP) is 2.72. The molecule has 0 radical (unpaired) electrons. The normalized spacial score (nSPS) is 19.2. The number of rotatable bonds is 6. The van der Waals surface area contributed by atoms with Gasteiger partial charge in [0.25, 0.3) is 15.9 Å². The number of fused-ring (bicyclic) bond motifs is 1. The van der Waals surface area contributed by atoms with E-state index < -0.39 is 10.0 Å². The first-order valence-corrected chi connectivity index (χ1v) is 11.1. The maximum absolute atomic E-state index is 13.4. The number of sulfonamides is 1. The molecule has 2 aliphatic rings. The number of carbonyl (C=O) groups excluding carboxylic acids is 1. The second-order valence-corrected chi connectivity index (χ2v) is 9.48. The van der Waals surface area contributed by atoms with Crippen LogP contribution < -0.4 is 15.4 Å². The first kappa shape index (κ1) is 21.6. The summed E-state index contributed by atoms with van der Waals surface area (Å²) >= 11 is 0. The molecule has 1 saturated carbocycles. The lowest BCUT2D eigenvalue weighted by atomic mass is 10.1. The van der Waals surface area contributed by atoms with E-state index in [0.29, 0.717) is 30.1 Å². The molecule has 0 spiro atoms. The van der Waals surface area contributed by atoms with E-state index >= 15 is 0 Å². The minimum absolute atomic E-state index is 0. The fraction of sp³-hybridized carbons (Fsp3) is 0.381. The number of nitrogens with zero attached hydrogens (tertiary/aromatic N) is 1. The van der Waals surface area contributed by atoms with Crippen LogP contribution in [0.15, 0.2) is 53.4 Å². The van der Waals surface area contributed by atoms with Crippen LogP contribution in [0.5, 0.6) is 0 Å². The standard InChI is InChI=1S/C21H25N3O3S.ClH/c1-14-11-16-5-2-3-8-20(16)24(14)28(26,27)18-7-4-6-17(12-18)21(25)23-19(13-22)15-9-10-15;/h2-8,12,14-15,19H,9-11,13,22H2,1H3,(H,23,25);1H. The molecule has 2 unspecified atom stereocenters. The number of halogens is 1. The third-order valence-electron chi connectivity index (χ3n) is 5.56. The minimum atomic E-state index is -3.77. The van der Waals surface area contributed by atoms with Crippen molar-refractivity contribution in [2.75, 3.05) is 10.8 Å². The van der Waals surface area contributed by atoms with Crippen molar-refractivity contribution < 1.29 is 13.2 Å². The Labute approximate surface area is 177 Å². The van der Waals surface area contributed by atoms with Gasteiger partial charge >= 0.3 is 0 Å². The number of nitrogens with one attached hydrogen (secondary N) is 1. The molecule has 156 valence electrons. The Morgan fingerprint density at radius 3 is 2.62 bits per heavy atom. The van der Waals surface area contributed by atoms with E-state index in [9.17, 15) is 13.2 Å². The van der Waals surface area contributed by atoms with Gasteiger partial charge in [0.15, 0.2) is 0 Å². The summed E-state index contributed by atoms with van der Waals surface area (Å²) in [6, 6.07) is 13.6. The van der Waals surface area contributed by atoms with Crippen LogP contribution in [0.1, 0.15) is 35.7 Å². The molecule has 2 aromatic rings. The number of amides is 1. The van der Waals surface area contributed by atoms with Crippen LogP contribution in [0.4, 0.5) is 5.69 Å². The molecule has 2 atom stereocenters. The highest BCUT2D eigenvalue weighted by molar-refractivity contribution is 7.92. The lowest BCUT2D eigenvalue weighted by Gasteiger charge is -2.24. The van der Waals surface area contributed by atoms with Crippen molar-refractivity contribution in [2.45, 2.75) is 43.2 Å². The average molecular weight is 436 g/mol. The molecule has 1 fully saturated rings. The quantitative estimate of drug-likeness (QED) is 0.729. The van der Waals surface area contributed by atoms with Crippen LogP contribution in [0.3, 0.4) is 0 Å². The molecule has 0 bridgehead atoms. The second kappa shape index (κ2) is 8.34. The number of hydrogen-bond donors (Lipinski definition) is 2. The van der Waals surface area contributed by atoms with Crippen LogP contribution >= 0.6 is 12.4 Å². The Balaban J connectivity index is 0.00000240. The first-order valence-electron chi connectivity index (χ1n) is 9.65. The van der Waals surface area contributed by atoms with E-state index in [1.54, 1.807) is 18.2 Å². The number of hydrogen-bond acceptors (Lipinski definition) is 4. The molecular formula is C21H26ClN3O3S. The van der Waals surface area contributed by atoms with Crippen molar-refractivity contribution in [2.24, 2.45) is 11.7 Å². The molecular weight excluding hydrogens is 410 g/mol. The highest BCUT2D eigenvalue weighted by atomic mass is 35.5. The molecule has 29 heavy (non-hydrogen) atoms. The zero-order chi connectivity index (χ0) is 19.9. The van der Waals surface area contributed by atoms with Crippen molar-refractivity contribution in [1.29, 1.82) is 0 Å². The van der Waals surface area contributed by atoms with Crippen LogP contribution in [-0.4, -0.2) is 33.0 Å². The third-order valence-corrected chi connectivity index (χ3v) is 7.48. The van der Waals surface area contributed by atoms with E-state index in [1.165, 1.54) is 10.4 Å². The number of carbonyl (C=O) groups is 1. The van der Waals surface area contributed by atoms with Gasteiger partial charge in [-0.15, -0.1) is 12.4 Å². The topological polar surface area (TPSA) is 92.5 Å². The predicted molar refractivity (Wildman–Crippen MR) is 116 cm³/mol. The molecule has 0 saturated heterocycles. The molecule has 3 N–H and O–H groups in total. The lowest BCUT2D eigenvalue weighted by Crippen LogP contribution is -2.41. The Morgan fingerprint density at radius 2 is 1.93 bits per heavy atom. The highest BCUT2D eigenvalue weighted by Gasteiger charge is 2.36. The number of benzene rings is 2. The van der Waals surface area contributed by atoms with E-state index in [1.807, 2.05) is 31.2 Å². The Morgan fingerprint density at radius 1 is 1.21 bits per heavy atom. The number of anilines is 1. The lowest BCUT2D eigenvalue weighted by molar-refractivity contribution is 0.0933. The zero-order valence-electron chi connectivity index (χ0n) is 16.2. The van der Waals surface area contributed by atoms with E-state index in [4.69, 9.17) is 5.73 Å². The molecule has 2 aromatic carbocycles. The first-order chi connectivity index (χ1) is 13.4. The molecule has 1 aliphatic heterocycles. The van der Waals surface area contributed by atoms with Gasteiger partial charge in [-0.25, -0.2) is 8.42 Å². The second-order valence-electron chi connectivity index (χ2n) is 7.66. The molecule has 4 rings (SSSR count). The molecule has 8 heteroatoms. The van der Waals surface area contributed by atoms with Crippen molar-refractivity contribution in [1.82, 2.24) is 5.32 Å². The van der Waals surface area contributed by atoms with Gasteiger partial charge in [-0.2, -0.15) is 0 Å². The highest BCUT2D eigenvalue weighted by Crippen LogP contribution is 2.36. The van der Waals surface area contributed by atoms with Gasteiger partial charge in [-0.1, -0.05) is 24.3 Å². The fourth-order valence-electron chi connectivity index (χ4n) is 3.93. The van der Waals surface area contributed by atoms with Crippen molar-refractivity contribution in [3.63, 3.8) is 0 Å². The van der Waals surface area contributed by atoms with Crippen molar-refractivity contribution >= 4 is 34.0 Å². The van der Waals surface area contributed by atoms with Gasteiger partial charge in [-0.05, 0) is 61.9 Å². The molecule has 1 amide bonds. The number of nitrogens with two attached hydrogens (primary N) is 1. The Bertz CT molecular complexity index is 1010. The Hall–Kier alpha value is -2.09. The Kier molecular flexibility index (Phi) is 6.22. The summed E-state index contributed by atoms with van der Waals surface area (Å²) in [7, 11) is -3.77. The van der Waals surface area contributed by atoms with Crippen molar-refractivity contribution in [3.8, 4) is 0 Å².